The first-order valence-electron chi connectivity index (χ1n) is 6.85. The maximum atomic E-state index is 14.2. The van der Waals surface area contributed by atoms with Crippen molar-refractivity contribution in [2.45, 2.75) is 10.8 Å². The van der Waals surface area contributed by atoms with Crippen LogP contribution >= 0.6 is 34.3 Å². The van der Waals surface area contributed by atoms with Gasteiger partial charge in [-0.1, -0.05) is 22.9 Å². The Bertz CT molecular complexity index is 1100. The lowest BCUT2D eigenvalue weighted by Gasteiger charge is -2.05. The molecule has 0 aliphatic heterocycles. The fourth-order valence-electron chi connectivity index (χ4n) is 2.17. The van der Waals surface area contributed by atoms with Crippen molar-refractivity contribution in [1.82, 2.24) is 4.57 Å². The first-order valence-corrected chi connectivity index (χ1v) is 10.3. The van der Waals surface area contributed by atoms with E-state index >= 15 is 0 Å². The number of thiazole rings is 1. The third-order valence-corrected chi connectivity index (χ3v) is 7.32. The predicted molar refractivity (Wildman–Crippen MR) is 93.7 cm³/mol. The summed E-state index contributed by atoms with van der Waals surface area (Å²) >= 11 is 7.53. The quantitative estimate of drug-likeness (QED) is 0.628. The summed E-state index contributed by atoms with van der Waals surface area (Å²) in [6.45, 7) is 0.374. The van der Waals surface area contributed by atoms with Gasteiger partial charge in [0.25, 0.3) is 10.0 Å². The van der Waals surface area contributed by atoms with Gasteiger partial charge in [0.05, 0.1) is 21.2 Å². The molecule has 11 heteroatoms. The minimum atomic E-state index is -4.02. The monoisotopic (exact) mass is 424 g/mol. The summed E-state index contributed by atoms with van der Waals surface area (Å²) in [5, 5.41) is 0. The van der Waals surface area contributed by atoms with Crippen molar-refractivity contribution < 1.29 is 21.9 Å². The fraction of sp³-hybridized carbons (Fsp3) is 0.214. The molecule has 0 saturated carbocycles. The maximum Gasteiger partial charge on any atom is 0.294 e. The lowest BCUT2D eigenvalue weighted by Crippen LogP contribution is -2.19. The molecular weight excluding hydrogens is 414 g/mol. The van der Waals surface area contributed by atoms with Gasteiger partial charge in [-0.2, -0.15) is 8.42 Å². The van der Waals surface area contributed by atoms with Crippen molar-refractivity contribution in [3.05, 3.63) is 45.0 Å². The number of aromatic nitrogens is 1. The Labute approximate surface area is 154 Å². The second-order valence-electron chi connectivity index (χ2n) is 4.89. The number of ether oxygens (including phenoxy) is 1. The Morgan fingerprint density at radius 1 is 1.28 bits per heavy atom. The van der Waals surface area contributed by atoms with Crippen LogP contribution in [0.25, 0.3) is 10.2 Å². The van der Waals surface area contributed by atoms with Crippen molar-refractivity contribution in [3.63, 3.8) is 0 Å². The molecule has 1 aromatic carbocycles. The van der Waals surface area contributed by atoms with Gasteiger partial charge in [-0.3, -0.25) is 0 Å². The normalized spacial score (nSPS) is 13.0. The number of sulfonamides is 1. The van der Waals surface area contributed by atoms with E-state index in [9.17, 15) is 17.2 Å². The summed E-state index contributed by atoms with van der Waals surface area (Å²) in [6, 6.07) is 4.68. The molecule has 134 valence electrons. The lowest BCUT2D eigenvalue weighted by atomic mass is 10.3. The van der Waals surface area contributed by atoms with Crippen LogP contribution in [-0.4, -0.2) is 26.7 Å². The van der Waals surface area contributed by atoms with Gasteiger partial charge >= 0.3 is 0 Å². The highest BCUT2D eigenvalue weighted by Gasteiger charge is 2.18. The minimum absolute atomic E-state index is 0.0279. The molecule has 25 heavy (non-hydrogen) atoms. The van der Waals surface area contributed by atoms with E-state index in [0.717, 1.165) is 34.8 Å². The number of benzene rings is 1. The molecule has 0 saturated heterocycles. The molecule has 0 aliphatic carbocycles. The molecule has 3 aromatic rings. The Morgan fingerprint density at radius 2 is 2.04 bits per heavy atom. The van der Waals surface area contributed by atoms with Crippen molar-refractivity contribution in [1.29, 1.82) is 0 Å². The smallest absolute Gasteiger partial charge is 0.294 e. The highest BCUT2D eigenvalue weighted by atomic mass is 35.5. The van der Waals surface area contributed by atoms with Gasteiger partial charge in [0.2, 0.25) is 4.80 Å². The molecule has 5 nitrogen and oxygen atoms in total. The number of nitrogens with zero attached hydrogens (tertiary/aromatic N) is 2. The molecule has 0 fully saturated rings. The van der Waals surface area contributed by atoms with Crippen molar-refractivity contribution in [2.75, 3.05) is 13.7 Å². The van der Waals surface area contributed by atoms with Gasteiger partial charge in [0, 0.05) is 19.7 Å². The van der Waals surface area contributed by atoms with E-state index in [1.54, 1.807) is 0 Å². The average Bonchev–Trinajstić information content (AvgIpc) is 3.09. The summed E-state index contributed by atoms with van der Waals surface area (Å²) in [7, 11) is -2.55. The highest BCUT2D eigenvalue weighted by molar-refractivity contribution is 7.92. The van der Waals surface area contributed by atoms with E-state index in [0.29, 0.717) is 4.34 Å². The van der Waals surface area contributed by atoms with Crippen LogP contribution in [0.1, 0.15) is 0 Å². The number of hydrogen-bond acceptors (Lipinski definition) is 5. The Kier molecular flexibility index (Phi) is 5.26. The van der Waals surface area contributed by atoms with Crippen molar-refractivity contribution in [2.24, 2.45) is 4.40 Å². The molecule has 0 spiro atoms. The molecular formula is C14H11ClF2N2O3S3. The fourth-order valence-corrected chi connectivity index (χ4v) is 5.93. The first kappa shape index (κ1) is 18.5. The van der Waals surface area contributed by atoms with Crippen LogP contribution in [0.15, 0.2) is 32.9 Å². The van der Waals surface area contributed by atoms with E-state index in [1.165, 1.54) is 23.8 Å². The number of thiophene rings is 1. The summed E-state index contributed by atoms with van der Waals surface area (Å²) in [5.74, 6) is -1.54. The summed E-state index contributed by atoms with van der Waals surface area (Å²) in [4.78, 5) is 0.0288. The Balaban J connectivity index is 2.26. The predicted octanol–water partition coefficient (Wildman–Crippen LogP) is 3.63. The largest absolute Gasteiger partial charge is 0.383 e. The van der Waals surface area contributed by atoms with Crippen LogP contribution in [-0.2, 0) is 21.3 Å². The molecule has 2 heterocycles. The summed E-state index contributed by atoms with van der Waals surface area (Å²) < 4.78 is 63.3. The van der Waals surface area contributed by atoms with E-state index in [4.69, 9.17) is 16.3 Å². The number of hydrogen-bond donors (Lipinski definition) is 0. The minimum Gasteiger partial charge on any atom is -0.383 e. The van der Waals surface area contributed by atoms with E-state index in [-0.39, 0.29) is 32.4 Å². The summed E-state index contributed by atoms with van der Waals surface area (Å²) in [5.41, 5.74) is 0.0848. The number of fused-ring (bicyclic) bond motifs is 1. The first-order chi connectivity index (χ1) is 11.8. The molecule has 0 unspecified atom stereocenters. The molecule has 3 rings (SSSR count). The zero-order chi connectivity index (χ0) is 18.2. The van der Waals surface area contributed by atoms with Gasteiger partial charge in [-0.25, -0.2) is 8.78 Å². The molecule has 0 aliphatic rings. The lowest BCUT2D eigenvalue weighted by molar-refractivity contribution is 0.187. The standard InChI is InChI=1S/C14H11ClF2N2O3S3/c1-22-5-4-19-13-9(17)6-8(16)7-10(13)23-14(19)18-25(20,21)12-3-2-11(15)24-12/h2-3,6-7H,4-5H2,1H3/b18-14-. The highest BCUT2D eigenvalue weighted by Crippen LogP contribution is 2.27. The second-order valence-corrected chi connectivity index (χ2v) is 9.44. The molecule has 0 N–H and O–H groups in total. The number of halogens is 3. The third-order valence-electron chi connectivity index (χ3n) is 3.22. The zero-order valence-electron chi connectivity index (χ0n) is 12.7. The molecule has 0 bridgehead atoms. The van der Waals surface area contributed by atoms with Crippen molar-refractivity contribution >= 4 is 54.5 Å². The van der Waals surface area contributed by atoms with Crippen LogP contribution in [0.5, 0.6) is 0 Å². The number of rotatable bonds is 5. The Morgan fingerprint density at radius 3 is 2.68 bits per heavy atom. The topological polar surface area (TPSA) is 60.7 Å². The second kappa shape index (κ2) is 7.12. The molecule has 0 amide bonds. The molecule has 0 atom stereocenters. The van der Waals surface area contributed by atoms with E-state index in [1.807, 2.05) is 0 Å². The zero-order valence-corrected chi connectivity index (χ0v) is 15.9. The SMILES string of the molecule is COCCn1/c(=N/S(=O)(=O)c2ccc(Cl)s2)sc2cc(F)cc(F)c21. The maximum absolute atomic E-state index is 14.2. The molecule has 0 radical (unpaired) electrons. The summed E-state index contributed by atoms with van der Waals surface area (Å²) in [6.07, 6.45) is 0. The van der Waals surface area contributed by atoms with Gasteiger partial charge in [-0.15, -0.1) is 15.7 Å². The van der Waals surface area contributed by atoms with Crippen LogP contribution in [0.2, 0.25) is 4.34 Å². The molecule has 2 aromatic heterocycles. The van der Waals surface area contributed by atoms with Gasteiger partial charge in [0.15, 0.2) is 5.82 Å². The Hall–Kier alpha value is -1.33. The third kappa shape index (κ3) is 3.77. The number of methoxy groups -OCH3 is 1. The average molecular weight is 425 g/mol. The van der Waals surface area contributed by atoms with E-state index in [2.05, 4.69) is 4.40 Å². The van der Waals surface area contributed by atoms with Crippen LogP contribution in [0, 0.1) is 11.6 Å². The van der Waals surface area contributed by atoms with Crippen molar-refractivity contribution in [3.8, 4) is 0 Å². The van der Waals surface area contributed by atoms with E-state index < -0.39 is 21.7 Å². The van der Waals surface area contributed by atoms with Gasteiger partial charge in [-0.05, 0) is 18.2 Å². The van der Waals surface area contributed by atoms with Crippen LogP contribution < -0.4 is 4.80 Å². The van der Waals surface area contributed by atoms with Crippen LogP contribution in [0.3, 0.4) is 0 Å². The van der Waals surface area contributed by atoms with Gasteiger partial charge < -0.3 is 9.30 Å². The van der Waals surface area contributed by atoms with Gasteiger partial charge in [0.1, 0.15) is 10.0 Å². The van der Waals surface area contributed by atoms with Crippen LogP contribution in [0.4, 0.5) is 8.78 Å².